The van der Waals surface area contributed by atoms with E-state index < -0.39 is 5.97 Å². The zero-order valence-corrected chi connectivity index (χ0v) is 12.6. The molecule has 21 heavy (non-hydrogen) atoms. The maximum absolute atomic E-state index is 11.0. The lowest BCUT2D eigenvalue weighted by Gasteiger charge is -2.08. The first-order chi connectivity index (χ1) is 10.1. The lowest BCUT2D eigenvalue weighted by Crippen LogP contribution is -2.10. The molecule has 1 N–H and O–H groups in total. The van der Waals surface area contributed by atoms with Crippen molar-refractivity contribution in [2.45, 2.75) is 6.92 Å². The van der Waals surface area contributed by atoms with Crippen molar-refractivity contribution in [2.75, 3.05) is 20.3 Å². The van der Waals surface area contributed by atoms with Crippen LogP contribution >= 0.6 is 11.3 Å². The smallest absolute Gasteiger partial charge is 0.349 e. The third kappa shape index (κ3) is 4.13. The molecule has 0 spiro atoms. The van der Waals surface area contributed by atoms with Gasteiger partial charge in [-0.15, -0.1) is 11.3 Å². The number of rotatable bonds is 7. The van der Waals surface area contributed by atoms with Crippen LogP contribution in [0.4, 0.5) is 0 Å². The highest BCUT2D eigenvalue weighted by Crippen LogP contribution is 2.28. The summed E-state index contributed by atoms with van der Waals surface area (Å²) in [5.41, 5.74) is 0. The number of methoxy groups -OCH3 is 1. The van der Waals surface area contributed by atoms with Gasteiger partial charge in [-0.25, -0.2) is 4.79 Å². The number of aryl methyl sites for hydroxylation is 1. The fourth-order valence-electron chi connectivity index (χ4n) is 1.73. The molecule has 0 aliphatic carbocycles. The van der Waals surface area contributed by atoms with Crippen LogP contribution in [0, 0.1) is 6.92 Å². The Bertz CT molecular complexity index is 603. The van der Waals surface area contributed by atoms with E-state index in [9.17, 15) is 4.79 Å². The lowest BCUT2D eigenvalue weighted by atomic mass is 10.3. The maximum Gasteiger partial charge on any atom is 0.349 e. The Morgan fingerprint density at radius 2 is 1.76 bits per heavy atom. The first-order valence-electron chi connectivity index (χ1n) is 6.33. The Morgan fingerprint density at radius 3 is 2.38 bits per heavy atom. The number of benzene rings is 1. The number of carboxylic acid groups (broad SMARTS) is 1. The van der Waals surface area contributed by atoms with Gasteiger partial charge in [0.15, 0.2) is 4.88 Å². The van der Waals surface area contributed by atoms with E-state index in [1.54, 1.807) is 37.4 Å². The molecule has 0 fully saturated rings. The van der Waals surface area contributed by atoms with Crippen LogP contribution in [0.2, 0.25) is 0 Å². The minimum Gasteiger partial charge on any atom is -0.497 e. The number of thiophene rings is 1. The molecule has 1 aromatic carbocycles. The SMILES string of the molecule is COc1ccc(OCCOc2cc(C)sc2C(=O)O)cc1. The maximum atomic E-state index is 11.0. The molecule has 2 rings (SSSR count). The van der Waals surface area contributed by atoms with Crippen LogP contribution in [0.15, 0.2) is 30.3 Å². The van der Waals surface area contributed by atoms with Gasteiger partial charge in [0, 0.05) is 4.88 Å². The molecular weight excluding hydrogens is 292 g/mol. The second-order valence-corrected chi connectivity index (χ2v) is 5.48. The molecule has 0 aliphatic rings. The van der Waals surface area contributed by atoms with Crippen molar-refractivity contribution >= 4 is 17.3 Å². The molecule has 0 aliphatic heterocycles. The Kier molecular flexibility index (Phi) is 5.05. The topological polar surface area (TPSA) is 65.0 Å². The Balaban J connectivity index is 1.83. The second kappa shape index (κ2) is 6.99. The fourth-order valence-corrected chi connectivity index (χ4v) is 2.52. The second-order valence-electron chi connectivity index (χ2n) is 4.23. The van der Waals surface area contributed by atoms with Gasteiger partial charge in [-0.1, -0.05) is 0 Å². The highest BCUT2D eigenvalue weighted by atomic mass is 32.1. The number of hydrogen-bond acceptors (Lipinski definition) is 5. The van der Waals surface area contributed by atoms with E-state index in [0.717, 1.165) is 10.6 Å². The number of hydrogen-bond donors (Lipinski definition) is 1. The number of aromatic carboxylic acids is 1. The van der Waals surface area contributed by atoms with Crippen molar-refractivity contribution in [1.82, 2.24) is 0 Å². The number of ether oxygens (including phenoxy) is 3. The molecule has 0 amide bonds. The largest absolute Gasteiger partial charge is 0.497 e. The molecule has 2 aromatic rings. The normalized spacial score (nSPS) is 10.2. The van der Waals surface area contributed by atoms with E-state index in [1.165, 1.54) is 11.3 Å². The third-order valence-electron chi connectivity index (χ3n) is 2.68. The molecular formula is C15H16O5S. The Hall–Kier alpha value is -2.21. The predicted molar refractivity (Wildman–Crippen MR) is 80.0 cm³/mol. The summed E-state index contributed by atoms with van der Waals surface area (Å²) >= 11 is 1.20. The zero-order valence-electron chi connectivity index (χ0n) is 11.8. The zero-order chi connectivity index (χ0) is 15.2. The summed E-state index contributed by atoms with van der Waals surface area (Å²) in [5, 5.41) is 9.05. The van der Waals surface area contributed by atoms with Crippen LogP contribution in [0.1, 0.15) is 14.5 Å². The summed E-state index contributed by atoms with van der Waals surface area (Å²) < 4.78 is 16.0. The van der Waals surface area contributed by atoms with Gasteiger partial charge in [0.1, 0.15) is 30.5 Å². The monoisotopic (exact) mass is 308 g/mol. The van der Waals surface area contributed by atoms with Crippen molar-refractivity contribution in [3.05, 3.63) is 40.1 Å². The van der Waals surface area contributed by atoms with Crippen LogP contribution < -0.4 is 14.2 Å². The van der Waals surface area contributed by atoms with E-state index in [0.29, 0.717) is 18.1 Å². The first-order valence-corrected chi connectivity index (χ1v) is 7.15. The van der Waals surface area contributed by atoms with Gasteiger partial charge in [0.05, 0.1) is 7.11 Å². The minimum atomic E-state index is -0.973. The minimum absolute atomic E-state index is 0.219. The molecule has 0 radical (unpaired) electrons. The van der Waals surface area contributed by atoms with Crippen LogP contribution in [0.25, 0.3) is 0 Å². The van der Waals surface area contributed by atoms with Crippen LogP contribution in [-0.4, -0.2) is 31.4 Å². The molecule has 1 heterocycles. The van der Waals surface area contributed by atoms with Crippen molar-refractivity contribution < 1.29 is 24.1 Å². The quantitative estimate of drug-likeness (QED) is 0.796. The van der Waals surface area contributed by atoms with E-state index in [1.807, 2.05) is 6.92 Å². The van der Waals surface area contributed by atoms with Gasteiger partial charge in [-0.2, -0.15) is 0 Å². The van der Waals surface area contributed by atoms with E-state index >= 15 is 0 Å². The average molecular weight is 308 g/mol. The summed E-state index contributed by atoms with van der Waals surface area (Å²) in [6.45, 7) is 2.46. The van der Waals surface area contributed by atoms with Crippen LogP contribution in [-0.2, 0) is 0 Å². The molecule has 0 saturated carbocycles. The van der Waals surface area contributed by atoms with Crippen molar-refractivity contribution in [3.63, 3.8) is 0 Å². The summed E-state index contributed by atoms with van der Waals surface area (Å²) in [6.07, 6.45) is 0. The van der Waals surface area contributed by atoms with Gasteiger partial charge in [-0.3, -0.25) is 0 Å². The van der Waals surface area contributed by atoms with Crippen molar-refractivity contribution in [2.24, 2.45) is 0 Å². The van der Waals surface area contributed by atoms with Gasteiger partial charge in [0.2, 0.25) is 0 Å². The highest BCUT2D eigenvalue weighted by Gasteiger charge is 2.15. The molecule has 1 aromatic heterocycles. The van der Waals surface area contributed by atoms with Gasteiger partial charge in [0.25, 0.3) is 0 Å². The lowest BCUT2D eigenvalue weighted by molar-refractivity contribution is 0.0697. The molecule has 5 nitrogen and oxygen atoms in total. The van der Waals surface area contributed by atoms with Gasteiger partial charge in [-0.05, 0) is 37.3 Å². The molecule has 0 bridgehead atoms. The average Bonchev–Trinajstić information content (AvgIpc) is 2.85. The van der Waals surface area contributed by atoms with Crippen LogP contribution in [0.5, 0.6) is 17.2 Å². The standard InChI is InChI=1S/C15H16O5S/c1-10-9-13(14(21-10)15(16)17)20-8-7-19-12-5-3-11(18-2)4-6-12/h3-6,9H,7-8H2,1-2H3,(H,16,17). The molecule has 6 heteroatoms. The Labute approximate surface area is 126 Å². The predicted octanol–water partition coefficient (Wildman–Crippen LogP) is 3.22. The third-order valence-corrected chi connectivity index (χ3v) is 3.70. The summed E-state index contributed by atoms with van der Waals surface area (Å²) in [6, 6.07) is 8.94. The summed E-state index contributed by atoms with van der Waals surface area (Å²) in [4.78, 5) is 12.2. The molecule has 0 unspecified atom stereocenters. The Morgan fingerprint density at radius 1 is 1.14 bits per heavy atom. The summed E-state index contributed by atoms with van der Waals surface area (Å²) in [7, 11) is 1.60. The first kappa shape index (κ1) is 15.2. The van der Waals surface area contributed by atoms with E-state index in [4.69, 9.17) is 19.3 Å². The van der Waals surface area contributed by atoms with E-state index in [-0.39, 0.29) is 11.5 Å². The summed E-state index contributed by atoms with van der Waals surface area (Å²) in [5.74, 6) is 0.889. The molecule has 0 saturated heterocycles. The van der Waals surface area contributed by atoms with E-state index in [2.05, 4.69) is 0 Å². The van der Waals surface area contributed by atoms with Crippen LogP contribution in [0.3, 0.4) is 0 Å². The van der Waals surface area contributed by atoms with Gasteiger partial charge >= 0.3 is 5.97 Å². The number of carbonyl (C=O) groups is 1. The fraction of sp³-hybridized carbons (Fsp3) is 0.267. The number of carboxylic acids is 1. The van der Waals surface area contributed by atoms with Crippen molar-refractivity contribution in [1.29, 1.82) is 0 Å². The van der Waals surface area contributed by atoms with Crippen molar-refractivity contribution in [3.8, 4) is 17.2 Å². The molecule has 112 valence electrons. The van der Waals surface area contributed by atoms with Gasteiger partial charge < -0.3 is 19.3 Å². The molecule has 0 atom stereocenters. The highest BCUT2D eigenvalue weighted by molar-refractivity contribution is 7.14.